The second-order valence-electron chi connectivity index (χ2n) is 9.31. The maximum atomic E-state index is 13.1. The van der Waals surface area contributed by atoms with E-state index >= 15 is 0 Å². The molecule has 0 aliphatic carbocycles. The third-order valence-corrected chi connectivity index (χ3v) is 6.97. The number of aromatic nitrogens is 3. The molecule has 3 heterocycles. The number of carbonyl (C=O) groups is 1. The fourth-order valence-corrected chi connectivity index (χ4v) is 4.55. The number of nitrogens with zero attached hydrogens (tertiary/aromatic N) is 4. The first-order valence-electron chi connectivity index (χ1n) is 11.8. The number of rotatable bonds is 6. The van der Waals surface area contributed by atoms with Crippen LogP contribution in [-0.2, 0) is 11.6 Å². The van der Waals surface area contributed by atoms with Gasteiger partial charge in [-0.3, -0.25) is 4.79 Å². The van der Waals surface area contributed by atoms with Crippen molar-refractivity contribution in [1.29, 1.82) is 0 Å². The highest BCUT2D eigenvalue weighted by Gasteiger charge is 2.39. The lowest BCUT2D eigenvalue weighted by molar-refractivity contribution is -0.159. The van der Waals surface area contributed by atoms with Crippen molar-refractivity contribution in [1.82, 2.24) is 25.3 Å². The summed E-state index contributed by atoms with van der Waals surface area (Å²) in [5.41, 5.74) is 1.57. The van der Waals surface area contributed by atoms with Gasteiger partial charge >= 0.3 is 12.1 Å². The molecule has 39 heavy (non-hydrogen) atoms. The van der Waals surface area contributed by atoms with Crippen molar-refractivity contribution in [3.05, 3.63) is 77.0 Å². The number of benzene rings is 2. The Hall–Kier alpha value is -3.41. The monoisotopic (exact) mass is 581 g/mol. The van der Waals surface area contributed by atoms with Gasteiger partial charge in [-0.15, -0.1) is 12.4 Å². The van der Waals surface area contributed by atoms with Crippen LogP contribution in [0.3, 0.4) is 0 Å². The number of nitrogens with one attached hydrogen (secondary N) is 1. The van der Waals surface area contributed by atoms with E-state index in [4.69, 9.17) is 21.0 Å². The summed E-state index contributed by atoms with van der Waals surface area (Å²) in [7, 11) is 2.04. The van der Waals surface area contributed by atoms with E-state index in [0.29, 0.717) is 17.5 Å². The summed E-state index contributed by atoms with van der Waals surface area (Å²) in [5, 5.41) is 6.99. The molecular weight excluding hydrogens is 558 g/mol. The van der Waals surface area contributed by atoms with Crippen molar-refractivity contribution in [2.45, 2.75) is 24.4 Å². The van der Waals surface area contributed by atoms with E-state index in [1.807, 2.05) is 19.2 Å². The molecule has 0 spiro atoms. The Bertz CT molecular complexity index is 1430. The topological polar surface area (TPSA) is 97.3 Å². The second kappa shape index (κ2) is 11.4. The molecule has 1 amide bonds. The van der Waals surface area contributed by atoms with Gasteiger partial charge in [0, 0.05) is 33.7 Å². The van der Waals surface area contributed by atoms with Crippen LogP contribution in [0.25, 0.3) is 22.8 Å². The van der Waals surface area contributed by atoms with Crippen LogP contribution in [0.5, 0.6) is 0 Å². The molecule has 1 aliphatic rings. The molecule has 0 radical (unpaired) electrons. The van der Waals surface area contributed by atoms with Crippen LogP contribution in [0.2, 0.25) is 5.02 Å². The fourth-order valence-electron chi connectivity index (χ4n) is 4.42. The Balaban J connectivity index is 0.00000353. The largest absolute Gasteiger partial charge is 0.471 e. The molecule has 5 rings (SSSR count). The fraction of sp³-hybridized carbons (Fsp3) is 0.308. The van der Waals surface area contributed by atoms with Crippen molar-refractivity contribution in [3.63, 3.8) is 0 Å². The first kappa shape index (κ1) is 28.6. The third-order valence-electron chi connectivity index (χ3n) is 6.72. The van der Waals surface area contributed by atoms with E-state index in [1.165, 1.54) is 12.1 Å². The van der Waals surface area contributed by atoms with Gasteiger partial charge in [0.2, 0.25) is 11.7 Å². The van der Waals surface area contributed by atoms with Crippen molar-refractivity contribution in [2.75, 3.05) is 26.7 Å². The Labute approximate surface area is 233 Å². The molecule has 0 unspecified atom stereocenters. The van der Waals surface area contributed by atoms with Crippen LogP contribution >= 0.6 is 24.0 Å². The van der Waals surface area contributed by atoms with Crippen molar-refractivity contribution in [2.24, 2.45) is 0 Å². The highest BCUT2D eigenvalue weighted by Crippen LogP contribution is 2.36. The van der Waals surface area contributed by atoms with Gasteiger partial charge in [-0.05, 0) is 69.4 Å². The highest BCUT2D eigenvalue weighted by molar-refractivity contribution is 6.30. The maximum absolute atomic E-state index is 13.1. The second-order valence-corrected chi connectivity index (χ2v) is 9.75. The lowest BCUT2D eigenvalue weighted by atomic mass is 9.76. The van der Waals surface area contributed by atoms with Crippen LogP contribution in [0.4, 0.5) is 13.2 Å². The molecule has 1 aliphatic heterocycles. The number of amides is 1. The highest BCUT2D eigenvalue weighted by atomic mass is 35.5. The van der Waals surface area contributed by atoms with E-state index in [9.17, 15) is 18.0 Å². The first-order chi connectivity index (χ1) is 18.1. The Kier molecular flexibility index (Phi) is 8.34. The summed E-state index contributed by atoms with van der Waals surface area (Å²) >= 11 is 5.99. The molecule has 0 saturated carbocycles. The number of halogens is 5. The van der Waals surface area contributed by atoms with Crippen LogP contribution in [0.1, 0.15) is 34.8 Å². The zero-order valence-corrected chi connectivity index (χ0v) is 22.2. The predicted molar refractivity (Wildman–Crippen MR) is 140 cm³/mol. The minimum absolute atomic E-state index is 0. The van der Waals surface area contributed by atoms with E-state index in [0.717, 1.165) is 37.2 Å². The number of alkyl halides is 3. The number of likely N-dealkylation sites (tertiary alicyclic amines) is 1. The normalized spacial score (nSPS) is 15.5. The summed E-state index contributed by atoms with van der Waals surface area (Å²) in [6.45, 7) is 1.93. The summed E-state index contributed by atoms with van der Waals surface area (Å²) in [4.78, 5) is 23.5. The minimum Gasteiger partial charge on any atom is -0.444 e. The first-order valence-corrected chi connectivity index (χ1v) is 12.2. The van der Waals surface area contributed by atoms with Gasteiger partial charge < -0.3 is 19.2 Å². The van der Waals surface area contributed by atoms with Gasteiger partial charge in [0.1, 0.15) is 6.26 Å². The third kappa shape index (κ3) is 6.26. The zero-order chi connectivity index (χ0) is 26.9. The van der Waals surface area contributed by atoms with Crippen LogP contribution < -0.4 is 5.32 Å². The van der Waals surface area contributed by atoms with Crippen LogP contribution in [0.15, 0.2) is 63.7 Å². The number of piperidine rings is 1. The van der Waals surface area contributed by atoms with Crippen LogP contribution in [-0.4, -0.2) is 52.6 Å². The Morgan fingerprint density at radius 3 is 2.49 bits per heavy atom. The molecule has 2 aromatic heterocycles. The van der Waals surface area contributed by atoms with Crippen molar-refractivity contribution in [3.8, 4) is 22.8 Å². The Morgan fingerprint density at radius 2 is 1.82 bits per heavy atom. The molecule has 206 valence electrons. The number of hydrogen-bond acceptors (Lipinski definition) is 7. The molecule has 1 fully saturated rings. The SMILES string of the molecule is CN1CCC(CNC(=O)c2cccc(-c3noc(C(F)(F)F)n3)c2)(c2coc(-c3ccc(Cl)cc3)n2)CC1.Cl. The van der Waals surface area contributed by atoms with Gasteiger partial charge in [0.15, 0.2) is 0 Å². The summed E-state index contributed by atoms with van der Waals surface area (Å²) in [6, 6.07) is 13.2. The summed E-state index contributed by atoms with van der Waals surface area (Å²) in [6.07, 6.45) is -1.62. The van der Waals surface area contributed by atoms with Gasteiger partial charge in [-0.2, -0.15) is 18.2 Å². The summed E-state index contributed by atoms with van der Waals surface area (Å²) in [5.74, 6) is -1.62. The summed E-state index contributed by atoms with van der Waals surface area (Å²) < 4.78 is 48.6. The van der Waals surface area contributed by atoms with E-state index in [1.54, 1.807) is 30.5 Å². The van der Waals surface area contributed by atoms with Crippen molar-refractivity contribution < 1.29 is 26.9 Å². The zero-order valence-electron chi connectivity index (χ0n) is 20.7. The van der Waals surface area contributed by atoms with Gasteiger partial charge in [0.05, 0.1) is 5.69 Å². The molecule has 1 saturated heterocycles. The smallest absolute Gasteiger partial charge is 0.444 e. The van der Waals surface area contributed by atoms with Crippen molar-refractivity contribution >= 4 is 29.9 Å². The van der Waals surface area contributed by atoms with E-state index < -0.39 is 17.5 Å². The molecule has 8 nitrogen and oxygen atoms in total. The molecule has 0 atom stereocenters. The molecule has 1 N–H and O–H groups in total. The maximum Gasteiger partial charge on any atom is 0.471 e. The van der Waals surface area contributed by atoms with E-state index in [2.05, 4.69) is 24.9 Å². The van der Waals surface area contributed by atoms with Crippen LogP contribution in [0, 0.1) is 0 Å². The van der Waals surface area contributed by atoms with Gasteiger partial charge in [-0.1, -0.05) is 28.9 Å². The quantitative estimate of drug-likeness (QED) is 0.303. The molecule has 2 aromatic carbocycles. The molecular formula is C26H24Cl2F3N5O3. The van der Waals surface area contributed by atoms with E-state index in [-0.39, 0.29) is 35.3 Å². The average Bonchev–Trinajstić information content (AvgIpc) is 3.60. The standard InChI is InChI=1S/C26H23ClF3N5O3.ClH/c1-35-11-9-25(10-12-35,20-14-37-23(32-20)16-5-7-19(27)8-6-16)15-31-22(36)18-4-2-3-17(13-18)21-33-24(38-34-21)26(28,29)30;/h2-8,13-14H,9-12,15H2,1H3,(H,31,36);1H. The lowest BCUT2D eigenvalue weighted by Crippen LogP contribution is -2.48. The lowest BCUT2D eigenvalue weighted by Gasteiger charge is -2.39. The number of hydrogen-bond donors (Lipinski definition) is 1. The Morgan fingerprint density at radius 1 is 1.10 bits per heavy atom. The predicted octanol–water partition coefficient (Wildman–Crippen LogP) is 5.88. The van der Waals surface area contributed by atoms with Gasteiger partial charge in [-0.25, -0.2) is 4.98 Å². The van der Waals surface area contributed by atoms with Gasteiger partial charge in [0.25, 0.3) is 5.91 Å². The number of carbonyl (C=O) groups excluding carboxylic acids is 1. The minimum atomic E-state index is -4.75. The molecule has 13 heteroatoms. The number of oxazole rings is 1. The molecule has 4 aromatic rings. The average molecular weight is 582 g/mol. The molecule has 0 bridgehead atoms.